The minimum Gasteiger partial charge on any atom is -0.494 e. The molecular formula is C12H16N2O. The summed E-state index contributed by atoms with van der Waals surface area (Å²) < 4.78 is 5.57. The van der Waals surface area contributed by atoms with Crippen LogP contribution in [0.3, 0.4) is 0 Å². The Kier molecular flexibility index (Phi) is 3.22. The molecule has 0 spiro atoms. The third-order valence-corrected chi connectivity index (χ3v) is 2.25. The Balaban J connectivity index is 2.11. The molecule has 0 aromatic heterocycles. The topological polar surface area (TPSA) is 33.6 Å². The summed E-state index contributed by atoms with van der Waals surface area (Å²) in [5.74, 6) is 1.91. The molecule has 0 aliphatic carbocycles. The molecule has 0 unspecified atom stereocenters. The highest BCUT2D eigenvalue weighted by Crippen LogP contribution is 2.14. The van der Waals surface area contributed by atoms with Gasteiger partial charge >= 0.3 is 0 Å². The molecule has 1 aromatic carbocycles. The van der Waals surface area contributed by atoms with Crippen molar-refractivity contribution in [2.75, 3.05) is 19.7 Å². The summed E-state index contributed by atoms with van der Waals surface area (Å²) in [6.07, 6.45) is 1.03. The fraction of sp³-hybridized carbons (Fsp3) is 0.417. The Morgan fingerprint density at radius 1 is 1.47 bits per heavy atom. The molecule has 3 nitrogen and oxygen atoms in total. The van der Waals surface area contributed by atoms with Crippen molar-refractivity contribution >= 4 is 5.84 Å². The number of hydrogen-bond acceptors (Lipinski definition) is 3. The molecule has 2 rings (SSSR count). The van der Waals surface area contributed by atoms with Gasteiger partial charge in [-0.2, -0.15) is 0 Å². The zero-order valence-corrected chi connectivity index (χ0v) is 8.99. The van der Waals surface area contributed by atoms with Crippen LogP contribution in [0.15, 0.2) is 29.3 Å². The minimum absolute atomic E-state index is 0.767. The van der Waals surface area contributed by atoms with Crippen molar-refractivity contribution < 1.29 is 4.74 Å². The van der Waals surface area contributed by atoms with Gasteiger partial charge in [-0.15, -0.1) is 0 Å². The average Bonchev–Trinajstić information content (AvgIpc) is 2.80. The normalized spacial score (nSPS) is 14.6. The second kappa shape index (κ2) is 4.82. The average molecular weight is 204 g/mol. The van der Waals surface area contributed by atoms with E-state index in [0.29, 0.717) is 0 Å². The van der Waals surface area contributed by atoms with Crippen LogP contribution in [0.5, 0.6) is 5.75 Å². The van der Waals surface area contributed by atoms with Gasteiger partial charge < -0.3 is 10.1 Å². The molecule has 0 fully saturated rings. The van der Waals surface area contributed by atoms with E-state index in [0.717, 1.165) is 43.3 Å². The maximum absolute atomic E-state index is 5.57. The molecule has 1 aliphatic rings. The van der Waals surface area contributed by atoms with E-state index in [4.69, 9.17) is 4.74 Å². The molecular weight excluding hydrogens is 188 g/mol. The van der Waals surface area contributed by atoms with Gasteiger partial charge in [0, 0.05) is 12.1 Å². The number of hydrogen-bond donors (Lipinski definition) is 1. The summed E-state index contributed by atoms with van der Waals surface area (Å²) in [5, 5.41) is 3.25. The zero-order chi connectivity index (χ0) is 10.5. The van der Waals surface area contributed by atoms with Gasteiger partial charge in [0.2, 0.25) is 0 Å². The van der Waals surface area contributed by atoms with E-state index in [-0.39, 0.29) is 0 Å². The van der Waals surface area contributed by atoms with Crippen LogP contribution in [0.2, 0.25) is 0 Å². The molecule has 3 heteroatoms. The van der Waals surface area contributed by atoms with Crippen LogP contribution in [-0.4, -0.2) is 25.5 Å². The fourth-order valence-electron chi connectivity index (χ4n) is 1.54. The number of benzene rings is 1. The highest BCUT2D eigenvalue weighted by Gasteiger charge is 2.08. The van der Waals surface area contributed by atoms with Crippen molar-refractivity contribution in [2.24, 2.45) is 4.99 Å². The number of nitrogens with one attached hydrogen (secondary N) is 1. The Labute approximate surface area is 90.2 Å². The summed E-state index contributed by atoms with van der Waals surface area (Å²) in [4.78, 5) is 4.38. The molecule has 1 N–H and O–H groups in total. The third-order valence-electron chi connectivity index (χ3n) is 2.25. The first-order chi connectivity index (χ1) is 7.40. The predicted molar refractivity (Wildman–Crippen MR) is 61.6 cm³/mol. The van der Waals surface area contributed by atoms with Crippen molar-refractivity contribution in [1.82, 2.24) is 5.32 Å². The first kappa shape index (κ1) is 10.0. The van der Waals surface area contributed by atoms with E-state index in [9.17, 15) is 0 Å². The summed E-state index contributed by atoms with van der Waals surface area (Å²) in [7, 11) is 0. The van der Waals surface area contributed by atoms with Gasteiger partial charge in [-0.3, -0.25) is 4.99 Å². The van der Waals surface area contributed by atoms with Gasteiger partial charge in [-0.1, -0.05) is 19.1 Å². The van der Waals surface area contributed by atoms with Gasteiger partial charge in [0.15, 0.2) is 0 Å². The maximum Gasteiger partial charge on any atom is 0.128 e. The van der Waals surface area contributed by atoms with Crippen molar-refractivity contribution in [3.63, 3.8) is 0 Å². The van der Waals surface area contributed by atoms with E-state index in [1.54, 1.807) is 0 Å². The maximum atomic E-state index is 5.57. The molecule has 0 atom stereocenters. The first-order valence-electron chi connectivity index (χ1n) is 5.41. The highest BCUT2D eigenvalue weighted by molar-refractivity contribution is 6.00. The lowest BCUT2D eigenvalue weighted by Crippen LogP contribution is -2.19. The summed E-state index contributed by atoms with van der Waals surface area (Å²) in [6, 6.07) is 8.07. The summed E-state index contributed by atoms with van der Waals surface area (Å²) >= 11 is 0. The quantitative estimate of drug-likeness (QED) is 0.811. The Morgan fingerprint density at radius 3 is 3.13 bits per heavy atom. The largest absolute Gasteiger partial charge is 0.494 e. The standard InChI is InChI=1S/C12H16N2O/c1-2-8-15-11-5-3-4-10(9-11)12-13-6-7-14-12/h3-5,9H,2,6-8H2,1H3,(H,13,14). The van der Waals surface area contributed by atoms with Crippen molar-refractivity contribution in [2.45, 2.75) is 13.3 Å². The number of amidine groups is 1. The highest BCUT2D eigenvalue weighted by atomic mass is 16.5. The molecule has 0 saturated carbocycles. The van der Waals surface area contributed by atoms with Crippen LogP contribution >= 0.6 is 0 Å². The number of nitrogens with zero attached hydrogens (tertiary/aromatic N) is 1. The lowest BCUT2D eigenvalue weighted by Gasteiger charge is -2.07. The first-order valence-corrected chi connectivity index (χ1v) is 5.41. The Bertz CT molecular complexity index is 360. The minimum atomic E-state index is 0.767. The molecule has 0 amide bonds. The SMILES string of the molecule is CCCOc1cccc(C2=NCCN2)c1. The number of aliphatic imine (C=N–C) groups is 1. The van der Waals surface area contributed by atoms with E-state index in [1.807, 2.05) is 18.2 Å². The second-order valence-corrected chi connectivity index (χ2v) is 3.53. The van der Waals surface area contributed by atoms with Gasteiger partial charge in [-0.05, 0) is 18.6 Å². The summed E-state index contributed by atoms with van der Waals surface area (Å²) in [5.41, 5.74) is 1.11. The van der Waals surface area contributed by atoms with Crippen LogP contribution in [0.4, 0.5) is 0 Å². The van der Waals surface area contributed by atoms with E-state index < -0.39 is 0 Å². The van der Waals surface area contributed by atoms with E-state index in [2.05, 4.69) is 23.3 Å². The van der Waals surface area contributed by atoms with E-state index >= 15 is 0 Å². The van der Waals surface area contributed by atoms with Crippen molar-refractivity contribution in [3.05, 3.63) is 29.8 Å². The molecule has 1 aromatic rings. The fourth-order valence-corrected chi connectivity index (χ4v) is 1.54. The van der Waals surface area contributed by atoms with Gasteiger partial charge in [-0.25, -0.2) is 0 Å². The molecule has 0 saturated heterocycles. The van der Waals surface area contributed by atoms with Gasteiger partial charge in [0.05, 0.1) is 13.2 Å². The van der Waals surface area contributed by atoms with Gasteiger partial charge in [0.25, 0.3) is 0 Å². The molecule has 1 aliphatic heterocycles. The second-order valence-electron chi connectivity index (χ2n) is 3.53. The molecule has 0 bridgehead atoms. The Hall–Kier alpha value is -1.51. The monoisotopic (exact) mass is 204 g/mol. The van der Waals surface area contributed by atoms with Crippen molar-refractivity contribution in [1.29, 1.82) is 0 Å². The molecule has 15 heavy (non-hydrogen) atoms. The summed E-state index contributed by atoms with van der Waals surface area (Å²) in [6.45, 7) is 4.68. The van der Waals surface area contributed by atoms with E-state index in [1.165, 1.54) is 0 Å². The Morgan fingerprint density at radius 2 is 2.40 bits per heavy atom. The van der Waals surface area contributed by atoms with Crippen LogP contribution in [0, 0.1) is 0 Å². The van der Waals surface area contributed by atoms with Crippen LogP contribution in [-0.2, 0) is 0 Å². The third kappa shape index (κ3) is 2.49. The van der Waals surface area contributed by atoms with Crippen LogP contribution in [0.25, 0.3) is 0 Å². The number of rotatable bonds is 4. The van der Waals surface area contributed by atoms with Crippen LogP contribution < -0.4 is 10.1 Å². The lowest BCUT2D eigenvalue weighted by atomic mass is 10.2. The molecule has 0 radical (unpaired) electrons. The lowest BCUT2D eigenvalue weighted by molar-refractivity contribution is 0.317. The predicted octanol–water partition coefficient (Wildman–Crippen LogP) is 1.83. The van der Waals surface area contributed by atoms with Crippen LogP contribution in [0.1, 0.15) is 18.9 Å². The van der Waals surface area contributed by atoms with Gasteiger partial charge in [0.1, 0.15) is 11.6 Å². The number of ether oxygens (including phenoxy) is 1. The molecule has 1 heterocycles. The molecule has 80 valence electrons. The zero-order valence-electron chi connectivity index (χ0n) is 8.99. The van der Waals surface area contributed by atoms with Crippen molar-refractivity contribution in [3.8, 4) is 5.75 Å². The smallest absolute Gasteiger partial charge is 0.128 e.